The Labute approximate surface area is 172 Å². The quantitative estimate of drug-likeness (QED) is 0.479. The molecular weight excluding hydrogens is 386 g/mol. The summed E-state index contributed by atoms with van der Waals surface area (Å²) in [7, 11) is 1.64. The first kappa shape index (κ1) is 19.4. The summed E-state index contributed by atoms with van der Waals surface area (Å²) in [4.78, 5) is 16.3. The highest BCUT2D eigenvalue weighted by Crippen LogP contribution is 2.33. The summed E-state index contributed by atoms with van der Waals surface area (Å²) in [5.74, 6) is 1.59. The van der Waals surface area contributed by atoms with E-state index in [4.69, 9.17) is 14.0 Å². The van der Waals surface area contributed by atoms with E-state index < -0.39 is 0 Å². The van der Waals surface area contributed by atoms with Gasteiger partial charge in [0.15, 0.2) is 11.5 Å². The van der Waals surface area contributed by atoms with Gasteiger partial charge < -0.3 is 19.3 Å². The molecule has 4 aromatic rings. The highest BCUT2D eigenvalue weighted by molar-refractivity contribution is 5.93. The molecule has 0 aliphatic carbocycles. The number of amides is 1. The summed E-state index contributed by atoms with van der Waals surface area (Å²) in [5.41, 5.74) is 0.193. The van der Waals surface area contributed by atoms with Gasteiger partial charge >= 0.3 is 0 Å². The van der Waals surface area contributed by atoms with Crippen molar-refractivity contribution < 1.29 is 18.8 Å². The number of nitrogens with zero attached hydrogens (tertiary/aromatic N) is 4. The Kier molecular flexibility index (Phi) is 5.60. The van der Waals surface area contributed by atoms with Crippen LogP contribution in [0.4, 0.5) is 0 Å². The van der Waals surface area contributed by atoms with Crippen molar-refractivity contribution in [3.05, 3.63) is 66.6 Å². The van der Waals surface area contributed by atoms with Crippen LogP contribution in [0.2, 0.25) is 0 Å². The fraction of sp³-hybridized carbons (Fsp3) is 0.238. The number of aromatic nitrogens is 4. The molecule has 9 nitrogen and oxygen atoms in total. The lowest BCUT2D eigenvalue weighted by molar-refractivity contribution is 0.0926. The third kappa shape index (κ3) is 4.24. The van der Waals surface area contributed by atoms with Gasteiger partial charge in [0.2, 0.25) is 0 Å². The molecule has 4 rings (SSSR count). The summed E-state index contributed by atoms with van der Waals surface area (Å²) in [5, 5.41) is 12.6. The molecule has 0 aliphatic heterocycles. The Morgan fingerprint density at radius 2 is 1.97 bits per heavy atom. The molecule has 154 valence electrons. The fourth-order valence-electron chi connectivity index (χ4n) is 3.14. The summed E-state index contributed by atoms with van der Waals surface area (Å²) >= 11 is 0. The second-order valence-electron chi connectivity index (χ2n) is 6.77. The number of hydrogen-bond acceptors (Lipinski definition) is 7. The summed E-state index contributed by atoms with van der Waals surface area (Å²) in [6.07, 6.45) is 3.04. The van der Waals surface area contributed by atoms with Gasteiger partial charge in [-0.05, 0) is 19.1 Å². The lowest BCUT2D eigenvalue weighted by Gasteiger charge is -2.12. The van der Waals surface area contributed by atoms with Gasteiger partial charge in [0.1, 0.15) is 30.8 Å². The fourth-order valence-corrected chi connectivity index (χ4v) is 3.14. The van der Waals surface area contributed by atoms with Crippen LogP contribution < -0.4 is 14.8 Å². The molecule has 1 N–H and O–H groups in total. The summed E-state index contributed by atoms with van der Waals surface area (Å²) < 4.78 is 18.2. The SMILES string of the molecule is COc1ccc(OCc2cc(C(=O)NC(C)Cn3cncn3)no2)c2ccccc12. The number of nitrogens with one attached hydrogen (secondary N) is 1. The first-order valence-electron chi connectivity index (χ1n) is 9.41. The van der Waals surface area contributed by atoms with Crippen LogP contribution in [-0.2, 0) is 13.2 Å². The van der Waals surface area contributed by atoms with Crippen molar-refractivity contribution in [2.75, 3.05) is 7.11 Å². The average Bonchev–Trinajstić information content (AvgIpc) is 3.44. The molecule has 2 heterocycles. The van der Waals surface area contributed by atoms with Crippen LogP contribution in [0.5, 0.6) is 11.5 Å². The van der Waals surface area contributed by atoms with Crippen LogP contribution in [0.25, 0.3) is 10.8 Å². The lowest BCUT2D eigenvalue weighted by atomic mass is 10.1. The van der Waals surface area contributed by atoms with Crippen molar-refractivity contribution in [3.63, 3.8) is 0 Å². The zero-order chi connectivity index (χ0) is 20.9. The Morgan fingerprint density at radius 3 is 2.70 bits per heavy atom. The van der Waals surface area contributed by atoms with Gasteiger partial charge in [-0.15, -0.1) is 0 Å². The second kappa shape index (κ2) is 8.64. The van der Waals surface area contributed by atoms with Crippen LogP contribution in [0.3, 0.4) is 0 Å². The van der Waals surface area contributed by atoms with E-state index in [1.165, 1.54) is 6.33 Å². The smallest absolute Gasteiger partial charge is 0.273 e. The highest BCUT2D eigenvalue weighted by Gasteiger charge is 2.16. The molecule has 0 spiro atoms. The zero-order valence-electron chi connectivity index (χ0n) is 16.6. The minimum Gasteiger partial charge on any atom is -0.496 e. The summed E-state index contributed by atoms with van der Waals surface area (Å²) in [6.45, 7) is 2.52. The van der Waals surface area contributed by atoms with Crippen LogP contribution in [0.1, 0.15) is 23.2 Å². The van der Waals surface area contributed by atoms with E-state index in [1.807, 2.05) is 43.3 Å². The van der Waals surface area contributed by atoms with Crippen molar-refractivity contribution in [1.82, 2.24) is 25.2 Å². The third-order valence-corrected chi connectivity index (χ3v) is 4.53. The first-order valence-corrected chi connectivity index (χ1v) is 9.41. The minimum absolute atomic E-state index is 0.144. The minimum atomic E-state index is -0.326. The lowest BCUT2D eigenvalue weighted by Crippen LogP contribution is -2.36. The molecule has 9 heteroatoms. The maximum atomic E-state index is 12.4. The van der Waals surface area contributed by atoms with Gasteiger partial charge in [-0.25, -0.2) is 4.98 Å². The number of hydrogen-bond donors (Lipinski definition) is 1. The topological polar surface area (TPSA) is 104 Å². The highest BCUT2D eigenvalue weighted by atomic mass is 16.5. The van der Waals surface area contributed by atoms with Gasteiger partial charge in [0.25, 0.3) is 5.91 Å². The van der Waals surface area contributed by atoms with Crippen LogP contribution in [-0.4, -0.2) is 39.0 Å². The van der Waals surface area contributed by atoms with E-state index in [9.17, 15) is 4.79 Å². The van der Waals surface area contributed by atoms with Gasteiger partial charge in [0, 0.05) is 22.9 Å². The molecule has 1 unspecified atom stereocenters. The van der Waals surface area contributed by atoms with E-state index in [-0.39, 0.29) is 24.2 Å². The largest absolute Gasteiger partial charge is 0.496 e. The van der Waals surface area contributed by atoms with Crippen molar-refractivity contribution in [2.24, 2.45) is 0 Å². The molecule has 1 amide bonds. The van der Waals surface area contributed by atoms with Gasteiger partial charge in [0.05, 0.1) is 13.7 Å². The monoisotopic (exact) mass is 407 g/mol. The molecule has 2 aromatic heterocycles. The van der Waals surface area contributed by atoms with E-state index in [1.54, 1.807) is 24.2 Å². The third-order valence-electron chi connectivity index (χ3n) is 4.53. The Balaban J connectivity index is 1.39. The first-order chi connectivity index (χ1) is 14.6. The molecule has 0 saturated carbocycles. The van der Waals surface area contributed by atoms with Crippen molar-refractivity contribution in [3.8, 4) is 11.5 Å². The maximum absolute atomic E-state index is 12.4. The van der Waals surface area contributed by atoms with Gasteiger partial charge in [-0.1, -0.05) is 29.4 Å². The molecule has 0 saturated heterocycles. The zero-order valence-corrected chi connectivity index (χ0v) is 16.6. The normalized spacial score (nSPS) is 11.9. The second-order valence-corrected chi connectivity index (χ2v) is 6.77. The molecule has 0 aliphatic rings. The van der Waals surface area contributed by atoms with Gasteiger partial charge in [-0.2, -0.15) is 5.10 Å². The Hall–Kier alpha value is -3.88. The predicted octanol–water partition coefficient (Wildman–Crippen LogP) is 2.83. The number of methoxy groups -OCH3 is 1. The van der Waals surface area contributed by atoms with Crippen LogP contribution >= 0.6 is 0 Å². The van der Waals surface area contributed by atoms with Crippen molar-refractivity contribution >= 4 is 16.7 Å². The number of ether oxygens (including phenoxy) is 2. The summed E-state index contributed by atoms with van der Waals surface area (Å²) in [6, 6.07) is 12.9. The molecule has 0 radical (unpaired) electrons. The number of fused-ring (bicyclic) bond motifs is 1. The standard InChI is InChI=1S/C21H21N5O4/c1-14(10-26-13-22-12-23-26)24-21(27)18-9-15(30-25-18)11-29-20-8-7-19(28-2)16-5-3-4-6-17(16)20/h3-9,12-14H,10-11H2,1-2H3,(H,24,27). The molecule has 2 aromatic carbocycles. The van der Waals surface area contributed by atoms with E-state index in [0.29, 0.717) is 18.1 Å². The maximum Gasteiger partial charge on any atom is 0.273 e. The average molecular weight is 407 g/mol. The van der Waals surface area contributed by atoms with Crippen LogP contribution in [0, 0.1) is 0 Å². The van der Waals surface area contributed by atoms with Crippen LogP contribution in [0.15, 0.2) is 59.6 Å². The number of rotatable bonds is 8. The van der Waals surface area contributed by atoms with Gasteiger partial charge in [-0.3, -0.25) is 9.48 Å². The van der Waals surface area contributed by atoms with Crippen molar-refractivity contribution in [2.45, 2.75) is 26.1 Å². The molecule has 0 fully saturated rings. The molecular formula is C21H21N5O4. The molecule has 30 heavy (non-hydrogen) atoms. The number of carbonyl (C=O) groups is 1. The molecule has 0 bridgehead atoms. The molecule has 1 atom stereocenters. The van der Waals surface area contributed by atoms with Crippen molar-refractivity contribution in [1.29, 1.82) is 0 Å². The predicted molar refractivity (Wildman–Crippen MR) is 108 cm³/mol. The van der Waals surface area contributed by atoms with E-state index >= 15 is 0 Å². The van der Waals surface area contributed by atoms with E-state index in [2.05, 4.69) is 20.6 Å². The Bertz CT molecular complexity index is 1140. The Morgan fingerprint density at radius 1 is 1.20 bits per heavy atom. The van der Waals surface area contributed by atoms with E-state index in [0.717, 1.165) is 16.5 Å². The number of carbonyl (C=O) groups excluding carboxylic acids is 1. The number of benzene rings is 2.